The topological polar surface area (TPSA) is 83.8 Å². The lowest BCUT2D eigenvalue weighted by Gasteiger charge is -2.19. The van der Waals surface area contributed by atoms with Crippen LogP contribution in [0.2, 0.25) is 10.0 Å². The van der Waals surface area contributed by atoms with Crippen LogP contribution in [0.5, 0.6) is 0 Å². The number of urea groups is 1. The molecule has 1 N–H and O–H groups in total. The number of rotatable bonds is 4. The molecule has 0 unspecified atom stereocenters. The second-order valence-electron chi connectivity index (χ2n) is 7.17. The van der Waals surface area contributed by atoms with E-state index in [4.69, 9.17) is 23.2 Å². The highest BCUT2D eigenvalue weighted by Crippen LogP contribution is 2.34. The van der Waals surface area contributed by atoms with Crippen LogP contribution in [0, 0.1) is 0 Å². The van der Waals surface area contributed by atoms with Gasteiger partial charge in [-0.15, -0.1) is 11.3 Å². The molecule has 2 aliphatic rings. The summed E-state index contributed by atoms with van der Waals surface area (Å²) in [5, 5.41) is 5.63. The molecule has 1 aliphatic heterocycles. The van der Waals surface area contributed by atoms with Crippen molar-refractivity contribution in [1.82, 2.24) is 14.8 Å². The monoisotopic (exact) mass is 452 g/mol. The SMILES string of the molecule is O=C(CN1C(=O)NC2(CCCC2)C1=O)N=c1sccn1Cc1ccc(Cl)cc1Cl. The molecule has 2 aromatic rings. The van der Waals surface area contributed by atoms with Crippen LogP contribution < -0.4 is 10.1 Å². The molecule has 0 bridgehead atoms. The summed E-state index contributed by atoms with van der Waals surface area (Å²) in [6, 6.07) is 4.69. The number of halogens is 2. The minimum Gasteiger partial charge on any atom is -0.323 e. The van der Waals surface area contributed by atoms with Crippen molar-refractivity contribution >= 4 is 52.4 Å². The summed E-state index contributed by atoms with van der Waals surface area (Å²) >= 11 is 13.4. The Morgan fingerprint density at radius 2 is 2.00 bits per heavy atom. The van der Waals surface area contributed by atoms with E-state index < -0.39 is 17.5 Å². The number of nitrogens with one attached hydrogen (secondary N) is 1. The number of nitrogens with zero attached hydrogens (tertiary/aromatic N) is 3. The molecule has 4 rings (SSSR count). The number of carbonyl (C=O) groups is 3. The highest BCUT2D eigenvalue weighted by Gasteiger charge is 2.52. The molecule has 1 saturated carbocycles. The third-order valence-corrected chi connectivity index (χ3v) is 6.61. The minimum atomic E-state index is -0.828. The van der Waals surface area contributed by atoms with Gasteiger partial charge in [-0.25, -0.2) is 4.79 Å². The van der Waals surface area contributed by atoms with Gasteiger partial charge in [-0.2, -0.15) is 4.99 Å². The van der Waals surface area contributed by atoms with E-state index in [1.165, 1.54) is 11.3 Å². The van der Waals surface area contributed by atoms with Gasteiger partial charge in [0, 0.05) is 21.6 Å². The Bertz CT molecular complexity index is 1060. The highest BCUT2D eigenvalue weighted by molar-refractivity contribution is 7.07. The van der Waals surface area contributed by atoms with Gasteiger partial charge < -0.3 is 9.88 Å². The molecule has 2 heterocycles. The maximum absolute atomic E-state index is 12.7. The Kier molecular flexibility index (Phi) is 5.50. The van der Waals surface area contributed by atoms with Crippen LogP contribution in [0.15, 0.2) is 34.8 Å². The largest absolute Gasteiger partial charge is 0.325 e. The predicted molar refractivity (Wildman–Crippen MR) is 110 cm³/mol. The lowest BCUT2D eigenvalue weighted by atomic mass is 9.98. The van der Waals surface area contributed by atoms with Gasteiger partial charge in [-0.05, 0) is 30.5 Å². The first-order chi connectivity index (χ1) is 13.9. The fraction of sp³-hybridized carbons (Fsp3) is 0.368. The smallest absolute Gasteiger partial charge is 0.323 e. The Labute approximate surface area is 180 Å². The first-order valence-electron chi connectivity index (χ1n) is 9.17. The van der Waals surface area contributed by atoms with Crippen molar-refractivity contribution in [2.75, 3.05) is 6.54 Å². The summed E-state index contributed by atoms with van der Waals surface area (Å²) in [7, 11) is 0. The van der Waals surface area contributed by atoms with Crippen LogP contribution in [0.1, 0.15) is 31.2 Å². The Morgan fingerprint density at radius 3 is 2.72 bits per heavy atom. The van der Waals surface area contributed by atoms with E-state index in [1.807, 2.05) is 6.07 Å². The van der Waals surface area contributed by atoms with Crippen molar-refractivity contribution in [3.63, 3.8) is 0 Å². The summed E-state index contributed by atoms with van der Waals surface area (Å²) in [5.74, 6) is -0.877. The fourth-order valence-corrected chi connectivity index (χ4v) is 4.97. The molecule has 4 amide bonds. The van der Waals surface area contributed by atoms with Crippen molar-refractivity contribution in [2.24, 2.45) is 4.99 Å². The van der Waals surface area contributed by atoms with Gasteiger partial charge in [0.05, 0.1) is 6.54 Å². The van der Waals surface area contributed by atoms with E-state index >= 15 is 0 Å². The zero-order valence-electron chi connectivity index (χ0n) is 15.4. The molecule has 0 atom stereocenters. The van der Waals surface area contributed by atoms with Crippen molar-refractivity contribution in [1.29, 1.82) is 0 Å². The van der Waals surface area contributed by atoms with Gasteiger partial charge in [-0.1, -0.05) is 42.1 Å². The summed E-state index contributed by atoms with van der Waals surface area (Å²) in [5.41, 5.74) is 0.00609. The number of amides is 4. The van der Waals surface area contributed by atoms with E-state index in [0.29, 0.717) is 34.2 Å². The number of aromatic nitrogens is 1. The summed E-state index contributed by atoms with van der Waals surface area (Å²) in [6.45, 7) is 0.0455. The second kappa shape index (κ2) is 7.93. The lowest BCUT2D eigenvalue weighted by molar-refractivity contribution is -0.134. The van der Waals surface area contributed by atoms with Gasteiger partial charge in [0.1, 0.15) is 12.1 Å². The maximum Gasteiger partial charge on any atom is 0.325 e. The number of hydrogen-bond acceptors (Lipinski definition) is 4. The van der Waals surface area contributed by atoms with E-state index in [0.717, 1.165) is 23.3 Å². The Morgan fingerprint density at radius 1 is 1.24 bits per heavy atom. The van der Waals surface area contributed by atoms with Crippen molar-refractivity contribution in [2.45, 2.75) is 37.8 Å². The quantitative estimate of drug-likeness (QED) is 0.722. The van der Waals surface area contributed by atoms with Crippen molar-refractivity contribution in [3.8, 4) is 0 Å². The molecule has 2 fully saturated rings. The molecule has 10 heteroatoms. The number of carbonyl (C=O) groups excluding carboxylic acids is 3. The van der Waals surface area contributed by atoms with Crippen LogP contribution in [0.25, 0.3) is 0 Å². The number of imide groups is 1. The fourth-order valence-electron chi connectivity index (χ4n) is 3.76. The average Bonchev–Trinajstić information content (AvgIpc) is 3.36. The van der Waals surface area contributed by atoms with Crippen molar-refractivity contribution in [3.05, 3.63) is 50.2 Å². The number of hydrogen-bond donors (Lipinski definition) is 1. The van der Waals surface area contributed by atoms with Gasteiger partial charge in [0.15, 0.2) is 4.80 Å². The second-order valence-corrected chi connectivity index (χ2v) is 8.88. The van der Waals surface area contributed by atoms with Crippen LogP contribution in [0.4, 0.5) is 4.79 Å². The molecular weight excluding hydrogens is 435 g/mol. The first kappa shape index (κ1) is 20.1. The maximum atomic E-state index is 12.7. The average molecular weight is 453 g/mol. The summed E-state index contributed by atoms with van der Waals surface area (Å²) in [4.78, 5) is 42.9. The Hall–Kier alpha value is -2.16. The number of benzene rings is 1. The summed E-state index contributed by atoms with van der Waals surface area (Å²) < 4.78 is 1.78. The molecule has 1 aromatic heterocycles. The van der Waals surface area contributed by atoms with Gasteiger partial charge >= 0.3 is 6.03 Å². The van der Waals surface area contributed by atoms with Crippen LogP contribution in [0.3, 0.4) is 0 Å². The molecule has 152 valence electrons. The Balaban J connectivity index is 1.50. The van der Waals surface area contributed by atoms with Gasteiger partial charge in [0.25, 0.3) is 11.8 Å². The molecule has 1 saturated heterocycles. The number of thiazole rings is 1. The normalized spacial score (nSPS) is 18.7. The summed E-state index contributed by atoms with van der Waals surface area (Å²) in [6.07, 6.45) is 4.81. The first-order valence-corrected chi connectivity index (χ1v) is 10.8. The third kappa shape index (κ3) is 3.97. The zero-order chi connectivity index (χ0) is 20.6. The van der Waals surface area contributed by atoms with E-state index in [1.54, 1.807) is 28.3 Å². The van der Waals surface area contributed by atoms with Crippen LogP contribution in [-0.2, 0) is 16.1 Å². The van der Waals surface area contributed by atoms with Crippen LogP contribution >= 0.6 is 34.5 Å². The zero-order valence-corrected chi connectivity index (χ0v) is 17.7. The molecular formula is C19H18Cl2N4O3S. The predicted octanol–water partition coefficient (Wildman–Crippen LogP) is 3.20. The standard InChI is InChI=1S/C19H18Cl2N4O3S/c20-13-4-3-12(14(21)9-13)10-24-7-8-29-18(24)22-15(26)11-25-16(27)19(23-17(25)28)5-1-2-6-19/h3-4,7-9H,1-2,5-6,10-11H2,(H,23,28). The lowest BCUT2D eigenvalue weighted by Crippen LogP contribution is -2.44. The van der Waals surface area contributed by atoms with E-state index in [2.05, 4.69) is 10.3 Å². The molecule has 0 radical (unpaired) electrons. The van der Waals surface area contributed by atoms with E-state index in [9.17, 15) is 14.4 Å². The van der Waals surface area contributed by atoms with E-state index in [-0.39, 0.29) is 12.5 Å². The molecule has 7 nitrogen and oxygen atoms in total. The highest BCUT2D eigenvalue weighted by atomic mass is 35.5. The molecule has 1 aliphatic carbocycles. The van der Waals surface area contributed by atoms with Crippen LogP contribution in [-0.4, -0.2) is 39.4 Å². The third-order valence-electron chi connectivity index (χ3n) is 5.23. The van der Waals surface area contributed by atoms with Crippen molar-refractivity contribution < 1.29 is 14.4 Å². The molecule has 29 heavy (non-hydrogen) atoms. The molecule has 1 aromatic carbocycles. The molecule has 1 spiro atoms. The minimum absolute atomic E-state index is 0.324. The van der Waals surface area contributed by atoms with Gasteiger partial charge in [-0.3, -0.25) is 14.5 Å². The van der Waals surface area contributed by atoms with Gasteiger partial charge in [0.2, 0.25) is 0 Å².